The van der Waals surface area contributed by atoms with Gasteiger partial charge in [-0.3, -0.25) is 0 Å². The molecular formula is C17H22N2S. The second kappa shape index (κ2) is 5.96. The van der Waals surface area contributed by atoms with E-state index < -0.39 is 0 Å². The standard InChI is InChI=1S/C17H22N2S/c1-13-6-5-7-14(10-13)12-19-16(11-18-17(19)20)15-8-3-2-4-9-15/h2-4,8-9,11,13-14H,5-7,10,12H2,1H3,(H,18,20). The first-order chi connectivity index (χ1) is 9.74. The molecule has 2 aromatic rings. The largest absolute Gasteiger partial charge is 0.337 e. The Balaban J connectivity index is 1.86. The van der Waals surface area contributed by atoms with Crippen LogP contribution in [-0.2, 0) is 6.54 Å². The molecule has 2 nitrogen and oxygen atoms in total. The van der Waals surface area contributed by atoms with Crippen LogP contribution in [0.25, 0.3) is 11.3 Å². The maximum atomic E-state index is 5.48. The number of aromatic nitrogens is 2. The highest BCUT2D eigenvalue weighted by Gasteiger charge is 2.20. The molecule has 0 saturated heterocycles. The van der Waals surface area contributed by atoms with E-state index in [0.29, 0.717) is 0 Å². The first-order valence-corrected chi connectivity index (χ1v) is 7.98. The number of rotatable bonds is 3. The predicted octanol–water partition coefficient (Wildman–Crippen LogP) is 5.04. The second-order valence-corrected chi connectivity index (χ2v) is 6.48. The maximum absolute atomic E-state index is 5.48. The molecule has 1 fully saturated rings. The molecule has 1 aliphatic carbocycles. The van der Waals surface area contributed by atoms with Gasteiger partial charge in [0.2, 0.25) is 0 Å². The smallest absolute Gasteiger partial charge is 0.177 e. The van der Waals surface area contributed by atoms with Crippen molar-refractivity contribution in [3.63, 3.8) is 0 Å². The lowest BCUT2D eigenvalue weighted by atomic mass is 9.82. The summed E-state index contributed by atoms with van der Waals surface area (Å²) in [6.07, 6.45) is 7.47. The number of hydrogen-bond donors (Lipinski definition) is 1. The number of nitrogens with zero attached hydrogens (tertiary/aromatic N) is 1. The van der Waals surface area contributed by atoms with E-state index in [1.165, 1.54) is 36.9 Å². The maximum Gasteiger partial charge on any atom is 0.177 e. The Morgan fingerprint density at radius 3 is 2.80 bits per heavy atom. The van der Waals surface area contributed by atoms with Gasteiger partial charge in [-0.25, -0.2) is 0 Å². The number of H-pyrrole nitrogens is 1. The van der Waals surface area contributed by atoms with Gasteiger partial charge in [-0.2, -0.15) is 0 Å². The Kier molecular flexibility index (Phi) is 4.06. The van der Waals surface area contributed by atoms with Crippen LogP contribution in [0, 0.1) is 16.6 Å². The molecule has 20 heavy (non-hydrogen) atoms. The Hall–Kier alpha value is -1.35. The second-order valence-electron chi connectivity index (χ2n) is 6.09. The van der Waals surface area contributed by atoms with Crippen molar-refractivity contribution in [2.75, 3.05) is 0 Å². The summed E-state index contributed by atoms with van der Waals surface area (Å²) in [5.74, 6) is 1.63. The quantitative estimate of drug-likeness (QED) is 0.784. The summed E-state index contributed by atoms with van der Waals surface area (Å²) >= 11 is 5.48. The average molecular weight is 286 g/mol. The van der Waals surface area contributed by atoms with Crippen molar-refractivity contribution in [3.8, 4) is 11.3 Å². The third-order valence-electron chi connectivity index (χ3n) is 4.42. The van der Waals surface area contributed by atoms with Gasteiger partial charge in [0, 0.05) is 12.7 Å². The van der Waals surface area contributed by atoms with E-state index in [-0.39, 0.29) is 0 Å². The first-order valence-electron chi connectivity index (χ1n) is 7.57. The van der Waals surface area contributed by atoms with E-state index in [1.807, 2.05) is 6.20 Å². The molecule has 0 spiro atoms. The predicted molar refractivity (Wildman–Crippen MR) is 86.2 cm³/mol. The molecular weight excluding hydrogens is 264 g/mol. The average Bonchev–Trinajstić information content (AvgIpc) is 2.81. The minimum absolute atomic E-state index is 0.767. The summed E-state index contributed by atoms with van der Waals surface area (Å²) in [4.78, 5) is 3.21. The Bertz CT molecular complexity index is 611. The summed E-state index contributed by atoms with van der Waals surface area (Å²) in [5, 5.41) is 0. The van der Waals surface area contributed by atoms with Gasteiger partial charge in [0.15, 0.2) is 4.77 Å². The van der Waals surface area contributed by atoms with E-state index in [9.17, 15) is 0 Å². The topological polar surface area (TPSA) is 20.7 Å². The van der Waals surface area contributed by atoms with Gasteiger partial charge in [0.1, 0.15) is 0 Å². The van der Waals surface area contributed by atoms with Crippen LogP contribution in [0.1, 0.15) is 32.6 Å². The lowest BCUT2D eigenvalue weighted by molar-refractivity contribution is 0.257. The van der Waals surface area contributed by atoms with Crippen molar-refractivity contribution in [3.05, 3.63) is 41.3 Å². The van der Waals surface area contributed by atoms with E-state index in [2.05, 4.69) is 46.8 Å². The molecule has 1 aromatic heterocycles. The van der Waals surface area contributed by atoms with Gasteiger partial charge in [-0.05, 0) is 42.5 Å². The van der Waals surface area contributed by atoms with Crippen LogP contribution in [0.4, 0.5) is 0 Å². The number of imidazole rings is 1. The fraction of sp³-hybridized carbons (Fsp3) is 0.471. The molecule has 2 unspecified atom stereocenters. The molecule has 3 rings (SSSR count). The first kappa shape index (κ1) is 13.6. The third-order valence-corrected chi connectivity index (χ3v) is 4.76. The lowest BCUT2D eigenvalue weighted by Gasteiger charge is -2.27. The van der Waals surface area contributed by atoms with Gasteiger partial charge in [0.05, 0.1) is 5.69 Å². The molecule has 1 aromatic carbocycles. The van der Waals surface area contributed by atoms with Crippen LogP contribution in [0.15, 0.2) is 36.5 Å². The lowest BCUT2D eigenvalue weighted by Crippen LogP contribution is -2.19. The van der Waals surface area contributed by atoms with E-state index in [0.717, 1.165) is 23.2 Å². The molecule has 106 valence electrons. The monoisotopic (exact) mass is 286 g/mol. The summed E-state index contributed by atoms with van der Waals surface area (Å²) in [6, 6.07) is 10.5. The molecule has 0 bridgehead atoms. The normalized spacial score (nSPS) is 22.9. The van der Waals surface area contributed by atoms with Crippen LogP contribution in [0.3, 0.4) is 0 Å². The highest BCUT2D eigenvalue weighted by molar-refractivity contribution is 7.71. The van der Waals surface area contributed by atoms with Crippen LogP contribution < -0.4 is 0 Å². The van der Waals surface area contributed by atoms with Gasteiger partial charge < -0.3 is 9.55 Å². The van der Waals surface area contributed by atoms with Crippen molar-refractivity contribution < 1.29 is 0 Å². The zero-order valence-corrected chi connectivity index (χ0v) is 12.8. The van der Waals surface area contributed by atoms with E-state index >= 15 is 0 Å². The van der Waals surface area contributed by atoms with Gasteiger partial charge >= 0.3 is 0 Å². The molecule has 2 atom stereocenters. The zero-order valence-electron chi connectivity index (χ0n) is 12.0. The van der Waals surface area contributed by atoms with Gasteiger partial charge in [-0.1, -0.05) is 50.1 Å². The number of aromatic amines is 1. The molecule has 1 saturated carbocycles. The van der Waals surface area contributed by atoms with Crippen molar-refractivity contribution in [2.45, 2.75) is 39.2 Å². The highest BCUT2D eigenvalue weighted by Crippen LogP contribution is 2.31. The molecule has 1 N–H and O–H groups in total. The Labute approximate surface area is 125 Å². The third kappa shape index (κ3) is 2.88. The SMILES string of the molecule is CC1CCCC(Cn2c(-c3ccccc3)c[nH]c2=S)C1. The molecule has 1 heterocycles. The number of hydrogen-bond acceptors (Lipinski definition) is 1. The van der Waals surface area contributed by atoms with Crippen LogP contribution in [0.5, 0.6) is 0 Å². The molecule has 1 aliphatic rings. The zero-order chi connectivity index (χ0) is 13.9. The Morgan fingerprint density at radius 2 is 2.05 bits per heavy atom. The highest BCUT2D eigenvalue weighted by atomic mass is 32.1. The number of benzene rings is 1. The van der Waals surface area contributed by atoms with Crippen LogP contribution in [0.2, 0.25) is 0 Å². The van der Waals surface area contributed by atoms with E-state index in [4.69, 9.17) is 12.2 Å². The molecule has 3 heteroatoms. The minimum Gasteiger partial charge on any atom is -0.337 e. The van der Waals surface area contributed by atoms with Crippen LogP contribution in [-0.4, -0.2) is 9.55 Å². The fourth-order valence-electron chi connectivity index (χ4n) is 3.41. The van der Waals surface area contributed by atoms with Crippen molar-refractivity contribution in [1.29, 1.82) is 0 Å². The van der Waals surface area contributed by atoms with E-state index in [1.54, 1.807) is 0 Å². The van der Waals surface area contributed by atoms with Gasteiger partial charge in [-0.15, -0.1) is 0 Å². The number of nitrogens with one attached hydrogen (secondary N) is 1. The van der Waals surface area contributed by atoms with Gasteiger partial charge in [0.25, 0.3) is 0 Å². The molecule has 0 aliphatic heterocycles. The summed E-state index contributed by atoms with van der Waals surface area (Å²) in [6.45, 7) is 3.43. The summed E-state index contributed by atoms with van der Waals surface area (Å²) in [5.41, 5.74) is 2.46. The summed E-state index contributed by atoms with van der Waals surface area (Å²) < 4.78 is 3.13. The minimum atomic E-state index is 0.767. The molecule has 0 radical (unpaired) electrons. The summed E-state index contributed by atoms with van der Waals surface area (Å²) in [7, 11) is 0. The van der Waals surface area contributed by atoms with Crippen molar-refractivity contribution >= 4 is 12.2 Å². The van der Waals surface area contributed by atoms with Crippen molar-refractivity contribution in [1.82, 2.24) is 9.55 Å². The fourth-order valence-corrected chi connectivity index (χ4v) is 3.64. The molecule has 0 amide bonds. The Morgan fingerprint density at radius 1 is 1.25 bits per heavy atom. The van der Waals surface area contributed by atoms with Crippen molar-refractivity contribution in [2.24, 2.45) is 11.8 Å². The van der Waals surface area contributed by atoms with Crippen LogP contribution >= 0.6 is 12.2 Å².